The van der Waals surface area contributed by atoms with Gasteiger partial charge in [0.2, 0.25) is 0 Å². The first-order chi connectivity index (χ1) is 4.22. The van der Waals surface area contributed by atoms with Crippen LogP contribution in [0.3, 0.4) is 0 Å². The number of hydrogen-bond donors (Lipinski definition) is 3. The Morgan fingerprint density at radius 2 is 1.33 bits per heavy atom. The van der Waals surface area contributed by atoms with Gasteiger partial charge < -0.3 is 15.3 Å². The molecule has 58 valence electrons. The van der Waals surface area contributed by atoms with Crippen LogP contribution in [-0.2, 0) is 0 Å². The van der Waals surface area contributed by atoms with Crippen LogP contribution < -0.4 is 0 Å². The highest BCUT2D eigenvalue weighted by Gasteiger charge is 1.93. The van der Waals surface area contributed by atoms with Gasteiger partial charge in [-0.2, -0.15) is 0 Å². The number of halogens is 2. The van der Waals surface area contributed by atoms with Gasteiger partial charge in [-0.3, -0.25) is 0 Å². The van der Waals surface area contributed by atoms with E-state index >= 15 is 0 Å². The van der Waals surface area contributed by atoms with Crippen LogP contribution in [0.1, 0.15) is 0 Å². The number of alkyl halides is 2. The molecule has 0 heterocycles. The van der Waals surface area contributed by atoms with Gasteiger partial charge in [0.25, 0.3) is 0 Å². The summed E-state index contributed by atoms with van der Waals surface area (Å²) in [6, 6.07) is 0. The van der Waals surface area contributed by atoms with Crippen molar-refractivity contribution in [3.8, 4) is 0 Å². The Morgan fingerprint density at radius 3 is 1.33 bits per heavy atom. The SMILES string of the molecule is ClCCl.OCC(O)CO. The van der Waals surface area contributed by atoms with E-state index in [0.29, 0.717) is 0 Å². The third kappa shape index (κ3) is 17.7. The number of aliphatic hydroxyl groups excluding tert-OH is 3. The number of rotatable bonds is 2. The van der Waals surface area contributed by atoms with Crippen LogP contribution in [0.15, 0.2) is 0 Å². The fraction of sp³-hybridized carbons (Fsp3) is 1.00. The largest absolute Gasteiger partial charge is 0.394 e. The van der Waals surface area contributed by atoms with E-state index in [2.05, 4.69) is 0 Å². The maximum atomic E-state index is 8.17. The average molecular weight is 177 g/mol. The van der Waals surface area contributed by atoms with Gasteiger partial charge >= 0.3 is 0 Å². The smallest absolute Gasteiger partial charge is 0.100 e. The third-order valence-corrected chi connectivity index (χ3v) is 0.421. The predicted octanol–water partition coefficient (Wildman–Crippen LogP) is -0.247. The molecule has 3 N–H and O–H groups in total. The van der Waals surface area contributed by atoms with Crippen molar-refractivity contribution in [3.63, 3.8) is 0 Å². The monoisotopic (exact) mass is 176 g/mol. The molecule has 0 bridgehead atoms. The summed E-state index contributed by atoms with van der Waals surface area (Å²) < 4.78 is 0. The lowest BCUT2D eigenvalue weighted by Gasteiger charge is -1.96. The summed E-state index contributed by atoms with van der Waals surface area (Å²) in [7, 11) is 0. The molecular formula is C4H10Cl2O3. The molecule has 0 aromatic rings. The van der Waals surface area contributed by atoms with E-state index in [9.17, 15) is 0 Å². The highest BCUT2D eigenvalue weighted by molar-refractivity contribution is 6.40. The van der Waals surface area contributed by atoms with Crippen molar-refractivity contribution in [2.75, 3.05) is 18.6 Å². The lowest BCUT2D eigenvalue weighted by molar-refractivity contribution is 0.0450. The summed E-state index contributed by atoms with van der Waals surface area (Å²) in [6.07, 6.45) is -0.954. The molecule has 0 fully saturated rings. The zero-order valence-electron chi connectivity index (χ0n) is 4.80. The molecule has 0 saturated heterocycles. The molecule has 0 spiro atoms. The summed E-state index contributed by atoms with van der Waals surface area (Å²) in [5.41, 5.74) is 0. The molecule has 0 aromatic heterocycles. The third-order valence-electron chi connectivity index (χ3n) is 0.421. The molecule has 0 aliphatic carbocycles. The lowest BCUT2D eigenvalue weighted by atomic mass is 10.4. The highest BCUT2D eigenvalue weighted by atomic mass is 35.5. The zero-order chi connectivity index (χ0) is 7.70. The van der Waals surface area contributed by atoms with Crippen molar-refractivity contribution in [2.24, 2.45) is 0 Å². The second-order valence-corrected chi connectivity index (χ2v) is 1.93. The Balaban J connectivity index is 0. The van der Waals surface area contributed by atoms with Crippen molar-refractivity contribution in [1.82, 2.24) is 0 Å². The Kier molecular flexibility index (Phi) is 15.3. The summed E-state index contributed by atoms with van der Waals surface area (Å²) >= 11 is 9.53. The average Bonchev–Trinajstić information content (AvgIpc) is 1.88. The van der Waals surface area contributed by atoms with Gasteiger partial charge in [0, 0.05) is 0 Å². The molecule has 0 aliphatic rings. The van der Waals surface area contributed by atoms with Gasteiger partial charge in [-0.05, 0) is 0 Å². The van der Waals surface area contributed by atoms with Crippen molar-refractivity contribution < 1.29 is 15.3 Å². The van der Waals surface area contributed by atoms with Gasteiger partial charge in [-0.25, -0.2) is 0 Å². The molecule has 5 heteroatoms. The Hall–Kier alpha value is 0.460. The molecule has 0 radical (unpaired) electrons. The minimum Gasteiger partial charge on any atom is -0.394 e. The normalized spacial score (nSPS) is 8.67. The van der Waals surface area contributed by atoms with Crippen LogP contribution in [-0.4, -0.2) is 40.0 Å². The maximum Gasteiger partial charge on any atom is 0.100 e. The van der Waals surface area contributed by atoms with Gasteiger partial charge in [0.15, 0.2) is 0 Å². The molecule has 0 rings (SSSR count). The van der Waals surface area contributed by atoms with E-state index in [-0.39, 0.29) is 18.6 Å². The second kappa shape index (κ2) is 11.3. The Morgan fingerprint density at radius 1 is 1.11 bits per heavy atom. The molecule has 0 atom stereocenters. The van der Waals surface area contributed by atoms with Crippen LogP contribution in [0.4, 0.5) is 0 Å². The van der Waals surface area contributed by atoms with E-state index in [1.807, 2.05) is 0 Å². The van der Waals surface area contributed by atoms with Crippen LogP contribution >= 0.6 is 23.2 Å². The lowest BCUT2D eigenvalue weighted by Crippen LogP contribution is -2.15. The standard InChI is InChI=1S/C3H8O3.CH2Cl2/c4-1-3(6)2-5;2-1-3/h3-6H,1-2H2;1H2. The van der Waals surface area contributed by atoms with Crippen molar-refractivity contribution in [2.45, 2.75) is 6.10 Å². The Bertz CT molecular complexity index is 40.8. The van der Waals surface area contributed by atoms with E-state index in [1.54, 1.807) is 0 Å². The maximum absolute atomic E-state index is 8.17. The molecule has 0 aromatic carbocycles. The van der Waals surface area contributed by atoms with Crippen molar-refractivity contribution in [1.29, 1.82) is 0 Å². The summed E-state index contributed by atoms with van der Waals surface area (Å²) in [5, 5.41) is 24.2. The summed E-state index contributed by atoms with van der Waals surface area (Å²) in [5.74, 6) is 0. The molecular weight excluding hydrogens is 167 g/mol. The van der Waals surface area contributed by atoms with Gasteiger partial charge in [0.05, 0.1) is 18.6 Å². The van der Waals surface area contributed by atoms with E-state index in [4.69, 9.17) is 38.5 Å². The minimum absolute atomic E-state index is 0.194. The van der Waals surface area contributed by atoms with E-state index < -0.39 is 6.10 Å². The summed E-state index contributed by atoms with van der Waals surface area (Å²) in [6.45, 7) is -0.729. The zero-order valence-corrected chi connectivity index (χ0v) is 6.31. The number of hydrogen-bond acceptors (Lipinski definition) is 3. The van der Waals surface area contributed by atoms with Crippen molar-refractivity contribution >= 4 is 23.2 Å². The molecule has 3 nitrogen and oxygen atoms in total. The van der Waals surface area contributed by atoms with Crippen LogP contribution in [0.2, 0.25) is 0 Å². The molecule has 0 aliphatic heterocycles. The summed E-state index contributed by atoms with van der Waals surface area (Å²) in [4.78, 5) is 0. The van der Waals surface area contributed by atoms with E-state index in [0.717, 1.165) is 0 Å². The first-order valence-electron chi connectivity index (χ1n) is 2.24. The van der Waals surface area contributed by atoms with Crippen LogP contribution in [0, 0.1) is 0 Å². The molecule has 0 amide bonds. The van der Waals surface area contributed by atoms with Crippen LogP contribution in [0.5, 0.6) is 0 Å². The molecule has 0 unspecified atom stereocenters. The van der Waals surface area contributed by atoms with Crippen LogP contribution in [0.25, 0.3) is 0 Å². The van der Waals surface area contributed by atoms with Gasteiger partial charge in [-0.15, -0.1) is 23.2 Å². The van der Waals surface area contributed by atoms with E-state index in [1.165, 1.54) is 0 Å². The first-order valence-corrected chi connectivity index (χ1v) is 3.31. The Labute approximate surface area is 63.8 Å². The highest BCUT2D eigenvalue weighted by Crippen LogP contribution is 1.73. The fourth-order valence-corrected chi connectivity index (χ4v) is 0.0577. The number of aliphatic hydroxyl groups is 3. The predicted molar refractivity (Wildman–Crippen MR) is 36.8 cm³/mol. The fourth-order valence-electron chi connectivity index (χ4n) is 0.0577. The minimum atomic E-state index is -0.954. The van der Waals surface area contributed by atoms with Gasteiger partial charge in [0.1, 0.15) is 6.10 Å². The first kappa shape index (κ1) is 12.2. The van der Waals surface area contributed by atoms with Gasteiger partial charge in [-0.1, -0.05) is 0 Å². The molecule has 9 heavy (non-hydrogen) atoms. The quantitative estimate of drug-likeness (QED) is 0.510. The second-order valence-electron chi connectivity index (χ2n) is 1.12. The van der Waals surface area contributed by atoms with Crippen molar-refractivity contribution in [3.05, 3.63) is 0 Å². The molecule has 0 saturated carbocycles. The topological polar surface area (TPSA) is 60.7 Å².